The maximum Gasteiger partial charge on any atom is 0.195 e. The summed E-state index contributed by atoms with van der Waals surface area (Å²) >= 11 is 0. The molecule has 24 rings (SSSR count). The molecule has 20 aromatic rings. The summed E-state index contributed by atoms with van der Waals surface area (Å²) < 4.78 is 0. The lowest BCUT2D eigenvalue weighted by molar-refractivity contribution is -0.109. The number of Topliss-reactive ketones (excluding diaryl/α,β-unsaturated/α-hetero) is 2. The first-order chi connectivity index (χ1) is 74.2. The number of rotatable bonds is 23. The minimum atomic E-state index is -0.0467. The monoisotopic (exact) mass is 1920 g/mol. The predicted octanol–water partition coefficient (Wildman–Crippen LogP) is 37.0. The lowest BCUT2D eigenvalue weighted by atomic mass is 9.61. The number of allylic oxidation sites excluding steroid dienone is 16. The summed E-state index contributed by atoms with van der Waals surface area (Å²) in [6, 6.07) is 207. The molecule has 0 heterocycles. The quantitative estimate of drug-likeness (QED) is 0.0598. The van der Waals surface area contributed by atoms with E-state index in [0.29, 0.717) is 22.3 Å². The van der Waals surface area contributed by atoms with Crippen LogP contribution in [0.25, 0.3) is 113 Å². The maximum atomic E-state index is 14.8. The Bertz CT molecular complexity index is 8240. The van der Waals surface area contributed by atoms with Gasteiger partial charge in [0.1, 0.15) is 0 Å². The summed E-state index contributed by atoms with van der Waals surface area (Å²) in [5.74, 6) is 0.120. The SMILES string of the molecule is C(=C\c1ccc(/C=C/c2ccccc2)cc1)/c1ccccc1.Cc1ccc(C2C(c3ccccc3)=C(c3ccccc3)C(c3ccccc3)=C(c3ccc(C4=C(c5ccccc5)C(c5ccccc5)=C(c5ccccc5)C(C)C4c4ccccc4)cc3)C2c2ccccc2)cc1.O=C1C(c2ccccc2)=C(c2ccccc2)C(c2ccc(C3=C(c4ccccc4)C(=O)C(c4ccccc4)=C3c3ccccc3)cc2)=C1c1ccccc1. The van der Waals surface area contributed by atoms with Crippen LogP contribution in [0.3, 0.4) is 0 Å². The minimum Gasteiger partial charge on any atom is -0.289 e. The summed E-state index contributed by atoms with van der Waals surface area (Å²) in [6.45, 7) is 4.65. The van der Waals surface area contributed by atoms with Gasteiger partial charge in [-0.05, 0) is 185 Å². The summed E-state index contributed by atoms with van der Waals surface area (Å²) in [4.78, 5) is 29.6. The van der Waals surface area contributed by atoms with Crippen molar-refractivity contribution < 1.29 is 9.59 Å². The third-order valence-electron chi connectivity index (χ3n) is 29.2. The molecule has 4 atom stereocenters. The van der Waals surface area contributed by atoms with E-state index < -0.39 is 0 Å². The maximum absolute atomic E-state index is 14.8. The second kappa shape index (κ2) is 45.2. The topological polar surface area (TPSA) is 34.1 Å². The molecule has 0 spiro atoms. The van der Waals surface area contributed by atoms with Crippen LogP contribution in [-0.4, -0.2) is 11.6 Å². The number of hydrogen-bond acceptors (Lipinski definition) is 2. The highest BCUT2D eigenvalue weighted by molar-refractivity contribution is 6.60. The molecular formula is C148H110O2. The molecule has 4 aliphatic carbocycles. The van der Waals surface area contributed by atoms with Crippen molar-refractivity contribution in [2.24, 2.45) is 5.92 Å². The van der Waals surface area contributed by atoms with E-state index in [9.17, 15) is 9.59 Å². The van der Waals surface area contributed by atoms with Gasteiger partial charge in [-0.15, -0.1) is 0 Å². The Morgan fingerprint density at radius 1 is 0.140 bits per heavy atom. The molecule has 0 amide bonds. The van der Waals surface area contributed by atoms with Crippen molar-refractivity contribution in [2.45, 2.75) is 31.6 Å². The molecule has 4 unspecified atom stereocenters. The van der Waals surface area contributed by atoms with Crippen LogP contribution in [0, 0.1) is 12.8 Å². The second-order valence-electron chi connectivity index (χ2n) is 38.5. The number of carbonyl (C=O) groups excluding carboxylic acids is 2. The van der Waals surface area contributed by atoms with E-state index in [2.05, 4.69) is 451 Å². The number of ketones is 2. The highest BCUT2D eigenvalue weighted by Crippen LogP contribution is 2.63. The minimum absolute atomic E-state index is 0.00240. The van der Waals surface area contributed by atoms with Gasteiger partial charge in [0.25, 0.3) is 0 Å². The van der Waals surface area contributed by atoms with E-state index in [0.717, 1.165) is 66.8 Å². The van der Waals surface area contributed by atoms with Gasteiger partial charge in [-0.2, -0.15) is 0 Å². The molecule has 4 aliphatic rings. The fraction of sp³-hybridized carbons (Fsp3) is 0.0405. The average Bonchev–Trinajstić information content (AvgIpc) is 1.21. The first kappa shape index (κ1) is 96.0. The number of aryl methyl sites for hydroxylation is 1. The van der Waals surface area contributed by atoms with Gasteiger partial charge in [-0.25, -0.2) is 0 Å². The van der Waals surface area contributed by atoms with Crippen LogP contribution in [0.2, 0.25) is 0 Å². The standard InChI is InChI=1S/C74H58.C52H34O2.C22H18/c1-51-43-45-61(46-44-51)73-70(58-37-21-8-22-38-58)69(57-35-19-7-20-36-57)71(59-39-23-9-24-40-59)74(72(73)60-41-25-10-26-42-60)63-49-47-62(48-50-63)67-65(54-29-13-4-14-30-54)52(2)64(53-27-11-3-12-28-53)66(55-31-15-5-16-32-55)68(67)56-33-17-6-18-34-56;53-51-47(37-23-11-3-12-24-37)43(35-19-7-1-8-20-35)45(49(51)39-27-15-5-16-28-39)41-31-33-42(34-32-41)46-44(36-21-9-2-10-22-36)48(38-25-13-4-14-26-38)52(54)50(46)40-29-17-6-18-30-40;1-3-7-19(8-4-1)11-13-21-15-17-22(18-16-21)14-12-20-9-5-2-6-10-20/h3-50,52,65,72-73H,1-2H3;1-34H;1-18H/b;;13-11+,14-12+. The lowest BCUT2D eigenvalue weighted by Crippen LogP contribution is -2.22. The predicted molar refractivity (Wildman–Crippen MR) is 633 cm³/mol. The van der Waals surface area contributed by atoms with Crippen molar-refractivity contribution >= 4 is 125 Å². The third kappa shape index (κ3) is 20.3. The zero-order valence-electron chi connectivity index (χ0n) is 83.9. The summed E-state index contributed by atoms with van der Waals surface area (Å²) in [5.41, 5.74) is 43.9. The number of carbonyl (C=O) groups is 2. The molecule has 20 aromatic carbocycles. The van der Waals surface area contributed by atoms with Gasteiger partial charge in [-0.1, -0.05) is 619 Å². The second-order valence-corrected chi connectivity index (χ2v) is 38.5. The Balaban J connectivity index is 0.000000145. The zero-order valence-corrected chi connectivity index (χ0v) is 83.9. The Labute approximate surface area is 881 Å². The largest absolute Gasteiger partial charge is 0.289 e. The van der Waals surface area contributed by atoms with Crippen LogP contribution < -0.4 is 0 Å². The van der Waals surface area contributed by atoms with Gasteiger partial charge in [0, 0.05) is 62.3 Å². The molecule has 0 aliphatic heterocycles. The highest BCUT2D eigenvalue weighted by Gasteiger charge is 2.44. The van der Waals surface area contributed by atoms with Crippen molar-refractivity contribution in [3.8, 4) is 0 Å². The van der Waals surface area contributed by atoms with Crippen molar-refractivity contribution in [3.05, 3.63) is 716 Å². The van der Waals surface area contributed by atoms with Crippen LogP contribution >= 0.6 is 0 Å². The van der Waals surface area contributed by atoms with Crippen molar-refractivity contribution in [2.75, 3.05) is 0 Å². The molecule has 0 saturated carbocycles. The van der Waals surface area contributed by atoms with Crippen LogP contribution in [0.5, 0.6) is 0 Å². The molecule has 2 nitrogen and oxygen atoms in total. The van der Waals surface area contributed by atoms with Crippen LogP contribution in [0.1, 0.15) is 158 Å². The van der Waals surface area contributed by atoms with Gasteiger partial charge in [-0.3, -0.25) is 9.59 Å². The fourth-order valence-electron chi connectivity index (χ4n) is 22.4. The first-order valence-electron chi connectivity index (χ1n) is 51.9. The van der Waals surface area contributed by atoms with E-state index in [4.69, 9.17) is 0 Å². The summed E-state index contributed by atoms with van der Waals surface area (Å²) in [6.07, 6.45) is 8.55. The zero-order chi connectivity index (χ0) is 101. The van der Waals surface area contributed by atoms with Crippen LogP contribution in [-0.2, 0) is 9.59 Å². The lowest BCUT2D eigenvalue weighted by Gasteiger charge is -2.41. The van der Waals surface area contributed by atoms with Gasteiger partial charge in [0.2, 0.25) is 0 Å². The number of hydrogen-bond donors (Lipinski definition) is 0. The van der Waals surface area contributed by atoms with E-state index >= 15 is 0 Å². The molecule has 0 aromatic heterocycles. The molecule has 150 heavy (non-hydrogen) atoms. The van der Waals surface area contributed by atoms with Gasteiger partial charge < -0.3 is 0 Å². The van der Waals surface area contributed by atoms with Crippen molar-refractivity contribution in [3.63, 3.8) is 0 Å². The highest BCUT2D eigenvalue weighted by atomic mass is 16.1. The Morgan fingerprint density at radius 3 is 0.553 bits per heavy atom. The molecule has 0 N–H and O–H groups in total. The Kier molecular flexibility index (Phi) is 28.9. The molecule has 0 radical (unpaired) electrons. The van der Waals surface area contributed by atoms with Gasteiger partial charge >= 0.3 is 0 Å². The Hall–Kier alpha value is -18.9. The Morgan fingerprint density at radius 2 is 0.300 bits per heavy atom. The summed E-state index contributed by atoms with van der Waals surface area (Å²) in [5, 5.41) is 0. The van der Waals surface area contributed by atoms with E-state index in [1.54, 1.807) is 0 Å². The molecule has 0 saturated heterocycles. The number of benzene rings is 20. The van der Waals surface area contributed by atoms with E-state index in [1.165, 1.54) is 134 Å². The molecule has 2 heteroatoms. The van der Waals surface area contributed by atoms with Crippen LogP contribution in [0.4, 0.5) is 0 Å². The van der Waals surface area contributed by atoms with Gasteiger partial charge in [0.15, 0.2) is 11.6 Å². The molecule has 0 fully saturated rings. The smallest absolute Gasteiger partial charge is 0.195 e. The summed E-state index contributed by atoms with van der Waals surface area (Å²) in [7, 11) is 0. The van der Waals surface area contributed by atoms with E-state index in [1.807, 2.05) is 170 Å². The molecular weight excluding hydrogens is 1810 g/mol. The van der Waals surface area contributed by atoms with E-state index in [-0.39, 0.29) is 35.2 Å². The normalized spacial score (nSPS) is 15.7. The first-order valence-corrected chi connectivity index (χ1v) is 51.9. The fourth-order valence-corrected chi connectivity index (χ4v) is 22.4. The van der Waals surface area contributed by atoms with Crippen molar-refractivity contribution in [1.82, 2.24) is 0 Å². The van der Waals surface area contributed by atoms with Gasteiger partial charge in [0.05, 0.1) is 0 Å². The average molecular weight is 1920 g/mol. The molecule has 714 valence electrons. The molecule has 0 bridgehead atoms. The third-order valence-corrected chi connectivity index (χ3v) is 29.2. The van der Waals surface area contributed by atoms with Crippen LogP contribution in [0.15, 0.2) is 582 Å². The van der Waals surface area contributed by atoms with Crippen molar-refractivity contribution in [1.29, 1.82) is 0 Å².